The molecule has 3 amide bonds. The molecule has 1 saturated heterocycles. The van der Waals surface area contributed by atoms with Gasteiger partial charge in [-0.15, -0.1) is 0 Å². The summed E-state index contributed by atoms with van der Waals surface area (Å²) < 4.78 is 5.42. The van der Waals surface area contributed by atoms with Gasteiger partial charge in [-0.2, -0.15) is 0 Å². The number of carbonyl (C=O) groups excluding carboxylic acids is 2. The van der Waals surface area contributed by atoms with Crippen molar-refractivity contribution < 1.29 is 14.3 Å². The van der Waals surface area contributed by atoms with Crippen molar-refractivity contribution in [3.8, 4) is 5.75 Å². The summed E-state index contributed by atoms with van der Waals surface area (Å²) >= 11 is 0. The van der Waals surface area contributed by atoms with E-state index in [0.717, 1.165) is 43.7 Å². The molecule has 2 fully saturated rings. The summed E-state index contributed by atoms with van der Waals surface area (Å²) in [5, 5.41) is 6.15. The minimum atomic E-state index is -0.101. The van der Waals surface area contributed by atoms with Crippen molar-refractivity contribution in [2.24, 2.45) is 5.92 Å². The van der Waals surface area contributed by atoms with Gasteiger partial charge in [-0.05, 0) is 50.7 Å². The number of carbonyl (C=O) groups is 2. The average molecular weight is 431 g/mol. The van der Waals surface area contributed by atoms with Crippen molar-refractivity contribution in [2.75, 3.05) is 39.8 Å². The van der Waals surface area contributed by atoms with E-state index in [9.17, 15) is 9.59 Å². The largest absolute Gasteiger partial charge is 0.496 e. The Bertz CT molecular complexity index is 725. The number of urea groups is 1. The van der Waals surface area contributed by atoms with Crippen LogP contribution in [-0.2, 0) is 11.2 Å². The summed E-state index contributed by atoms with van der Waals surface area (Å²) in [6.45, 7) is 7.35. The number of nitrogens with zero attached hydrogens (tertiary/aromatic N) is 2. The van der Waals surface area contributed by atoms with Crippen LogP contribution in [0.1, 0.15) is 45.1 Å². The SMILES string of the molecule is COc1ccccc1CCNC(=O)C(C1CCCC1)N1CCN(C(=O)NC(C)C)CC1. The lowest BCUT2D eigenvalue weighted by molar-refractivity contribution is -0.129. The molecular formula is C24H38N4O3. The Morgan fingerprint density at radius 2 is 1.77 bits per heavy atom. The zero-order valence-electron chi connectivity index (χ0n) is 19.2. The Kier molecular flexibility index (Phi) is 8.58. The van der Waals surface area contributed by atoms with Crippen LogP contribution in [0.3, 0.4) is 0 Å². The Hall–Kier alpha value is -2.28. The summed E-state index contributed by atoms with van der Waals surface area (Å²) in [4.78, 5) is 29.7. The predicted octanol–water partition coefficient (Wildman–Crippen LogP) is 2.65. The molecule has 1 aromatic rings. The molecule has 172 valence electrons. The van der Waals surface area contributed by atoms with E-state index in [1.165, 1.54) is 12.8 Å². The standard InChI is InChI=1S/C24H38N4O3/c1-18(2)26-24(30)28-16-14-27(15-17-28)22(20-9-4-5-10-20)23(29)25-13-12-19-8-6-7-11-21(19)31-3/h6-8,11,18,20,22H,4-5,9-10,12-17H2,1-3H3,(H,25,29)(H,26,30). The van der Waals surface area contributed by atoms with Gasteiger partial charge in [0.15, 0.2) is 0 Å². The summed E-state index contributed by atoms with van der Waals surface area (Å²) in [6.07, 6.45) is 5.37. The van der Waals surface area contributed by atoms with Gasteiger partial charge in [0.25, 0.3) is 0 Å². The number of amides is 3. The molecule has 3 rings (SSSR count). The third-order valence-corrected chi connectivity index (χ3v) is 6.41. The highest BCUT2D eigenvalue weighted by atomic mass is 16.5. The van der Waals surface area contributed by atoms with Gasteiger partial charge in [0.05, 0.1) is 13.2 Å². The third-order valence-electron chi connectivity index (χ3n) is 6.41. The minimum Gasteiger partial charge on any atom is -0.496 e. The number of rotatable bonds is 8. The number of para-hydroxylation sites is 1. The number of hydrogen-bond donors (Lipinski definition) is 2. The zero-order chi connectivity index (χ0) is 22.2. The molecule has 0 spiro atoms. The van der Waals surface area contributed by atoms with E-state index in [1.807, 2.05) is 43.0 Å². The van der Waals surface area contributed by atoms with Crippen molar-refractivity contribution >= 4 is 11.9 Å². The molecule has 1 atom stereocenters. The smallest absolute Gasteiger partial charge is 0.317 e. The second kappa shape index (κ2) is 11.4. The molecule has 7 heteroatoms. The van der Waals surface area contributed by atoms with E-state index in [2.05, 4.69) is 15.5 Å². The fourth-order valence-corrected chi connectivity index (χ4v) is 4.83. The van der Waals surface area contributed by atoms with E-state index in [1.54, 1.807) is 7.11 Å². The molecule has 2 aliphatic rings. The molecule has 7 nitrogen and oxygen atoms in total. The third kappa shape index (κ3) is 6.35. The van der Waals surface area contributed by atoms with Gasteiger partial charge in [0.1, 0.15) is 5.75 Å². The Balaban J connectivity index is 1.56. The molecule has 1 unspecified atom stereocenters. The van der Waals surface area contributed by atoms with Crippen molar-refractivity contribution in [1.82, 2.24) is 20.4 Å². The maximum Gasteiger partial charge on any atom is 0.317 e. The number of nitrogens with one attached hydrogen (secondary N) is 2. The van der Waals surface area contributed by atoms with Crippen LogP contribution in [0.25, 0.3) is 0 Å². The van der Waals surface area contributed by atoms with Gasteiger partial charge >= 0.3 is 6.03 Å². The highest BCUT2D eigenvalue weighted by molar-refractivity contribution is 5.82. The average Bonchev–Trinajstić information content (AvgIpc) is 3.28. The number of methoxy groups -OCH3 is 1. The molecular weight excluding hydrogens is 392 g/mol. The van der Waals surface area contributed by atoms with Crippen LogP contribution in [0.4, 0.5) is 4.79 Å². The normalized spacial score (nSPS) is 18.8. The first kappa shape index (κ1) is 23.4. The van der Waals surface area contributed by atoms with Crippen molar-refractivity contribution in [1.29, 1.82) is 0 Å². The molecule has 1 heterocycles. The van der Waals surface area contributed by atoms with E-state index in [4.69, 9.17) is 4.74 Å². The van der Waals surface area contributed by atoms with Crippen molar-refractivity contribution in [2.45, 2.75) is 58.0 Å². The molecule has 31 heavy (non-hydrogen) atoms. The van der Waals surface area contributed by atoms with Crippen molar-refractivity contribution in [3.05, 3.63) is 29.8 Å². The Labute approximate surface area is 186 Å². The van der Waals surface area contributed by atoms with Gasteiger partial charge < -0.3 is 20.3 Å². The summed E-state index contributed by atoms with van der Waals surface area (Å²) in [7, 11) is 1.68. The van der Waals surface area contributed by atoms with E-state index in [0.29, 0.717) is 25.6 Å². The predicted molar refractivity (Wildman–Crippen MR) is 122 cm³/mol. The lowest BCUT2D eigenvalue weighted by Crippen LogP contribution is -2.59. The lowest BCUT2D eigenvalue weighted by Gasteiger charge is -2.40. The fourth-order valence-electron chi connectivity index (χ4n) is 4.83. The van der Waals surface area contributed by atoms with E-state index in [-0.39, 0.29) is 24.0 Å². The maximum absolute atomic E-state index is 13.3. The van der Waals surface area contributed by atoms with Crippen LogP contribution in [0, 0.1) is 5.92 Å². The quantitative estimate of drug-likeness (QED) is 0.665. The molecule has 0 bridgehead atoms. The van der Waals surface area contributed by atoms with Crippen molar-refractivity contribution in [3.63, 3.8) is 0 Å². The highest BCUT2D eigenvalue weighted by Crippen LogP contribution is 2.31. The molecule has 1 aliphatic heterocycles. The van der Waals surface area contributed by atoms with Crippen LogP contribution in [0.5, 0.6) is 5.75 Å². The van der Waals surface area contributed by atoms with Crippen LogP contribution < -0.4 is 15.4 Å². The first-order chi connectivity index (χ1) is 15.0. The number of hydrogen-bond acceptors (Lipinski definition) is 4. The van der Waals surface area contributed by atoms with Crippen LogP contribution in [0.15, 0.2) is 24.3 Å². The second-order valence-electron chi connectivity index (χ2n) is 8.97. The summed E-state index contributed by atoms with van der Waals surface area (Å²) in [6, 6.07) is 7.97. The van der Waals surface area contributed by atoms with Gasteiger partial charge in [-0.3, -0.25) is 9.69 Å². The van der Waals surface area contributed by atoms with E-state index < -0.39 is 0 Å². The van der Waals surface area contributed by atoms with Gasteiger partial charge in [-0.1, -0.05) is 31.0 Å². The molecule has 1 saturated carbocycles. The first-order valence-electron chi connectivity index (χ1n) is 11.7. The molecule has 1 aliphatic carbocycles. The van der Waals surface area contributed by atoms with E-state index >= 15 is 0 Å². The molecule has 2 N–H and O–H groups in total. The first-order valence-corrected chi connectivity index (χ1v) is 11.7. The van der Waals surface area contributed by atoms with Gasteiger partial charge in [0.2, 0.25) is 5.91 Å². The Morgan fingerprint density at radius 3 is 2.42 bits per heavy atom. The zero-order valence-corrected chi connectivity index (χ0v) is 19.2. The van der Waals surface area contributed by atoms with Gasteiger partial charge in [-0.25, -0.2) is 4.79 Å². The summed E-state index contributed by atoms with van der Waals surface area (Å²) in [5.74, 6) is 1.39. The fraction of sp³-hybridized carbons (Fsp3) is 0.667. The monoisotopic (exact) mass is 430 g/mol. The second-order valence-corrected chi connectivity index (χ2v) is 8.97. The topological polar surface area (TPSA) is 73.9 Å². The molecule has 0 aromatic heterocycles. The molecule has 0 radical (unpaired) electrons. The minimum absolute atomic E-state index is 0.00618. The highest BCUT2D eigenvalue weighted by Gasteiger charge is 2.37. The maximum atomic E-state index is 13.3. The molecule has 1 aromatic carbocycles. The van der Waals surface area contributed by atoms with Gasteiger partial charge in [0, 0.05) is 38.8 Å². The van der Waals surface area contributed by atoms with Crippen LogP contribution in [0.2, 0.25) is 0 Å². The van der Waals surface area contributed by atoms with Crippen LogP contribution in [-0.4, -0.2) is 73.7 Å². The number of ether oxygens (including phenoxy) is 1. The lowest BCUT2D eigenvalue weighted by atomic mass is 9.95. The number of piperazine rings is 1. The summed E-state index contributed by atoms with van der Waals surface area (Å²) in [5.41, 5.74) is 1.10. The Morgan fingerprint density at radius 1 is 1.10 bits per heavy atom. The number of benzene rings is 1. The van der Waals surface area contributed by atoms with Crippen LogP contribution >= 0.6 is 0 Å².